The van der Waals surface area contributed by atoms with E-state index >= 15 is 0 Å². The van der Waals surface area contributed by atoms with E-state index in [1.165, 1.54) is 0 Å². The van der Waals surface area contributed by atoms with E-state index in [4.69, 9.17) is 11.6 Å². The fourth-order valence-electron chi connectivity index (χ4n) is 2.16. The molecule has 0 saturated heterocycles. The Morgan fingerprint density at radius 2 is 1.74 bits per heavy atom. The van der Waals surface area contributed by atoms with E-state index in [0.29, 0.717) is 17.1 Å². The van der Waals surface area contributed by atoms with Gasteiger partial charge in [0.05, 0.1) is 17.1 Å². The zero-order valence-corrected chi connectivity index (χ0v) is 13.9. The number of rotatable bonds is 5. The molecule has 0 aliphatic rings. The van der Waals surface area contributed by atoms with Gasteiger partial charge in [0.1, 0.15) is 0 Å². The number of benzene rings is 2. The number of halogens is 1. The molecule has 1 N–H and O–H groups in total. The first kappa shape index (κ1) is 17.0. The largest absolute Gasteiger partial charge is 0.343 e. The minimum absolute atomic E-state index is 0.0631. The molecular weight excluding hydrogens is 312 g/mol. The highest BCUT2D eigenvalue weighted by Gasteiger charge is 2.14. The van der Waals surface area contributed by atoms with Crippen LogP contribution in [0.4, 0.5) is 0 Å². The van der Waals surface area contributed by atoms with Crippen LogP contribution >= 0.6 is 11.6 Å². The van der Waals surface area contributed by atoms with Crippen LogP contribution in [0.15, 0.2) is 48.5 Å². The Hall–Kier alpha value is -2.33. The van der Waals surface area contributed by atoms with Gasteiger partial charge in [-0.15, -0.1) is 0 Å². The van der Waals surface area contributed by atoms with Crippen LogP contribution in [0.2, 0.25) is 5.02 Å². The maximum atomic E-state index is 12.2. The third-order valence-corrected chi connectivity index (χ3v) is 3.94. The number of likely N-dealkylation sites (N-methyl/N-ethyl adjacent to an activating group) is 1. The molecule has 0 fully saturated rings. The van der Waals surface area contributed by atoms with Gasteiger partial charge in [0.15, 0.2) is 0 Å². The van der Waals surface area contributed by atoms with Crippen molar-refractivity contribution >= 4 is 23.4 Å². The lowest BCUT2D eigenvalue weighted by atomic mass is 10.1. The van der Waals surface area contributed by atoms with Crippen molar-refractivity contribution in [1.82, 2.24) is 10.2 Å². The average Bonchev–Trinajstić information content (AvgIpc) is 2.54. The van der Waals surface area contributed by atoms with Gasteiger partial charge in [0, 0.05) is 13.6 Å². The molecule has 0 saturated carbocycles. The Balaban J connectivity index is 1.91. The van der Waals surface area contributed by atoms with E-state index in [1.807, 2.05) is 31.2 Å². The topological polar surface area (TPSA) is 49.4 Å². The number of hydrogen-bond donors (Lipinski definition) is 1. The molecule has 0 aliphatic carbocycles. The first-order chi connectivity index (χ1) is 11.0. The van der Waals surface area contributed by atoms with Crippen molar-refractivity contribution in [2.75, 3.05) is 13.6 Å². The molecule has 5 heteroatoms. The maximum Gasteiger partial charge on any atom is 0.253 e. The fraction of sp³-hybridized carbons (Fsp3) is 0.222. The van der Waals surface area contributed by atoms with Crippen molar-refractivity contribution in [3.63, 3.8) is 0 Å². The molecule has 0 spiro atoms. The van der Waals surface area contributed by atoms with Crippen LogP contribution < -0.4 is 5.32 Å². The van der Waals surface area contributed by atoms with Crippen molar-refractivity contribution in [3.05, 3.63) is 70.2 Å². The lowest BCUT2D eigenvalue weighted by molar-refractivity contribution is -0.129. The van der Waals surface area contributed by atoms with Gasteiger partial charge in [0.2, 0.25) is 5.91 Å². The molecule has 2 aromatic carbocycles. The Kier molecular flexibility index (Phi) is 5.77. The van der Waals surface area contributed by atoms with E-state index in [0.717, 1.165) is 11.1 Å². The molecule has 0 atom stereocenters. The molecule has 4 nitrogen and oxygen atoms in total. The third-order valence-electron chi connectivity index (χ3n) is 3.61. The number of hydrogen-bond acceptors (Lipinski definition) is 2. The molecule has 0 unspecified atom stereocenters. The van der Waals surface area contributed by atoms with Gasteiger partial charge < -0.3 is 10.2 Å². The second-order valence-electron chi connectivity index (χ2n) is 5.34. The first-order valence-electron chi connectivity index (χ1n) is 7.30. The zero-order valence-electron chi connectivity index (χ0n) is 13.2. The van der Waals surface area contributed by atoms with Crippen molar-refractivity contribution < 1.29 is 9.59 Å². The molecule has 2 aromatic rings. The Labute approximate surface area is 141 Å². The van der Waals surface area contributed by atoms with Crippen LogP contribution in [0.3, 0.4) is 0 Å². The number of carbonyl (C=O) groups is 2. The van der Waals surface area contributed by atoms with Crippen LogP contribution in [-0.4, -0.2) is 30.3 Å². The van der Waals surface area contributed by atoms with Crippen LogP contribution in [0.1, 0.15) is 21.5 Å². The van der Waals surface area contributed by atoms with Gasteiger partial charge in [0.25, 0.3) is 5.91 Å². The quantitative estimate of drug-likeness (QED) is 0.916. The van der Waals surface area contributed by atoms with Crippen LogP contribution in [0.25, 0.3) is 0 Å². The number of aryl methyl sites for hydroxylation is 1. The van der Waals surface area contributed by atoms with E-state index in [-0.39, 0.29) is 18.4 Å². The molecule has 0 aromatic heterocycles. The molecule has 0 bridgehead atoms. The highest BCUT2D eigenvalue weighted by Crippen LogP contribution is 2.14. The molecule has 2 rings (SSSR count). The van der Waals surface area contributed by atoms with Gasteiger partial charge in [-0.05, 0) is 30.2 Å². The standard InChI is InChI=1S/C18H19ClN2O2/c1-13-7-3-4-8-14(13)12-21(2)17(22)11-20-18(23)15-9-5-6-10-16(15)19/h3-10H,11-12H2,1-2H3,(H,20,23). The Morgan fingerprint density at radius 3 is 2.43 bits per heavy atom. The summed E-state index contributed by atoms with van der Waals surface area (Å²) in [6, 6.07) is 14.6. The van der Waals surface area contributed by atoms with Gasteiger partial charge in [-0.25, -0.2) is 0 Å². The molecule has 2 amide bonds. The molecule has 0 aliphatic heterocycles. The van der Waals surface area contributed by atoms with Gasteiger partial charge >= 0.3 is 0 Å². The lowest BCUT2D eigenvalue weighted by Gasteiger charge is -2.19. The predicted octanol–water partition coefficient (Wildman–Crippen LogP) is 3.04. The van der Waals surface area contributed by atoms with Crippen molar-refractivity contribution in [3.8, 4) is 0 Å². The number of amides is 2. The lowest BCUT2D eigenvalue weighted by Crippen LogP contribution is -2.38. The summed E-state index contributed by atoms with van der Waals surface area (Å²) in [5, 5.41) is 2.97. The van der Waals surface area contributed by atoms with Crippen molar-refractivity contribution in [2.45, 2.75) is 13.5 Å². The average molecular weight is 331 g/mol. The van der Waals surface area contributed by atoms with Gasteiger partial charge in [-0.1, -0.05) is 48.0 Å². The Morgan fingerprint density at radius 1 is 1.09 bits per heavy atom. The summed E-state index contributed by atoms with van der Waals surface area (Å²) in [6.07, 6.45) is 0. The zero-order chi connectivity index (χ0) is 16.8. The minimum atomic E-state index is -0.353. The monoisotopic (exact) mass is 330 g/mol. The van der Waals surface area contributed by atoms with Crippen LogP contribution in [-0.2, 0) is 11.3 Å². The van der Waals surface area contributed by atoms with Gasteiger partial charge in [-0.3, -0.25) is 9.59 Å². The number of carbonyl (C=O) groups excluding carboxylic acids is 2. The van der Waals surface area contributed by atoms with E-state index in [2.05, 4.69) is 5.32 Å². The van der Waals surface area contributed by atoms with Gasteiger partial charge in [-0.2, -0.15) is 0 Å². The first-order valence-corrected chi connectivity index (χ1v) is 7.68. The van der Waals surface area contributed by atoms with Crippen LogP contribution in [0, 0.1) is 6.92 Å². The fourth-order valence-corrected chi connectivity index (χ4v) is 2.38. The smallest absolute Gasteiger partial charge is 0.253 e. The molecule has 23 heavy (non-hydrogen) atoms. The number of nitrogens with zero attached hydrogens (tertiary/aromatic N) is 1. The summed E-state index contributed by atoms with van der Waals surface area (Å²) in [6.45, 7) is 2.45. The SMILES string of the molecule is Cc1ccccc1CN(C)C(=O)CNC(=O)c1ccccc1Cl. The minimum Gasteiger partial charge on any atom is -0.343 e. The summed E-state index contributed by atoms with van der Waals surface area (Å²) in [5.74, 6) is -0.512. The predicted molar refractivity (Wildman–Crippen MR) is 91.4 cm³/mol. The summed E-state index contributed by atoms with van der Waals surface area (Å²) in [7, 11) is 1.72. The molecule has 0 heterocycles. The van der Waals surface area contributed by atoms with Crippen LogP contribution in [0.5, 0.6) is 0 Å². The summed E-state index contributed by atoms with van der Waals surface area (Å²) in [4.78, 5) is 25.8. The number of nitrogens with one attached hydrogen (secondary N) is 1. The molecular formula is C18H19ClN2O2. The highest BCUT2D eigenvalue weighted by atomic mass is 35.5. The molecule has 0 radical (unpaired) electrons. The summed E-state index contributed by atoms with van der Waals surface area (Å²) < 4.78 is 0. The molecule has 120 valence electrons. The van der Waals surface area contributed by atoms with E-state index in [1.54, 1.807) is 36.2 Å². The second kappa shape index (κ2) is 7.79. The maximum absolute atomic E-state index is 12.2. The third kappa shape index (κ3) is 4.57. The summed E-state index contributed by atoms with van der Waals surface area (Å²) in [5.41, 5.74) is 2.58. The highest BCUT2D eigenvalue weighted by molar-refractivity contribution is 6.33. The van der Waals surface area contributed by atoms with Crippen molar-refractivity contribution in [2.24, 2.45) is 0 Å². The van der Waals surface area contributed by atoms with Crippen molar-refractivity contribution in [1.29, 1.82) is 0 Å². The second-order valence-corrected chi connectivity index (χ2v) is 5.75. The normalized spacial score (nSPS) is 10.2. The van der Waals surface area contributed by atoms with E-state index < -0.39 is 0 Å². The Bertz CT molecular complexity index is 716. The van der Waals surface area contributed by atoms with E-state index in [9.17, 15) is 9.59 Å². The summed E-state index contributed by atoms with van der Waals surface area (Å²) >= 11 is 5.97.